The van der Waals surface area contributed by atoms with Crippen LogP contribution in [0.3, 0.4) is 0 Å². The Hall–Kier alpha value is -2.93. The number of methoxy groups -OCH3 is 2. The maximum Gasteiger partial charge on any atom is 0.261 e. The summed E-state index contributed by atoms with van der Waals surface area (Å²) >= 11 is 1.28. The minimum absolute atomic E-state index is 0.109. The molecule has 0 bridgehead atoms. The number of aromatic nitrogens is 1. The summed E-state index contributed by atoms with van der Waals surface area (Å²) in [6.07, 6.45) is 0. The van der Waals surface area contributed by atoms with Gasteiger partial charge in [0.05, 0.1) is 25.5 Å². The molecule has 3 rings (SSSR count). The first-order chi connectivity index (χ1) is 12.5. The highest BCUT2D eigenvalue weighted by atomic mass is 32.1. The van der Waals surface area contributed by atoms with Gasteiger partial charge in [0, 0.05) is 10.9 Å². The van der Waals surface area contributed by atoms with E-state index in [-0.39, 0.29) is 5.56 Å². The monoisotopic (exact) mass is 372 g/mol. The first-order valence-corrected chi connectivity index (χ1v) is 8.65. The van der Waals surface area contributed by atoms with Gasteiger partial charge in [-0.15, -0.1) is 11.3 Å². The maximum atomic E-state index is 13.5. The molecule has 2 aromatic carbocycles. The first kappa shape index (κ1) is 17.9. The van der Waals surface area contributed by atoms with E-state index < -0.39 is 11.7 Å². The van der Waals surface area contributed by atoms with Crippen molar-refractivity contribution in [3.63, 3.8) is 0 Å². The average molecular weight is 372 g/mol. The van der Waals surface area contributed by atoms with Crippen LogP contribution < -0.4 is 14.8 Å². The van der Waals surface area contributed by atoms with Crippen LogP contribution in [0.2, 0.25) is 0 Å². The summed E-state index contributed by atoms with van der Waals surface area (Å²) in [7, 11) is 3.02. The fraction of sp³-hybridized carbons (Fsp3) is 0.158. The second-order valence-electron chi connectivity index (χ2n) is 5.54. The Morgan fingerprint density at radius 1 is 1.12 bits per heavy atom. The third kappa shape index (κ3) is 3.67. The quantitative estimate of drug-likeness (QED) is 0.715. The summed E-state index contributed by atoms with van der Waals surface area (Å²) in [5.41, 5.74) is 2.71. The van der Waals surface area contributed by atoms with E-state index in [0.717, 1.165) is 17.2 Å². The third-order valence-electron chi connectivity index (χ3n) is 3.76. The van der Waals surface area contributed by atoms with Crippen molar-refractivity contribution in [1.29, 1.82) is 0 Å². The van der Waals surface area contributed by atoms with Crippen LogP contribution in [0.1, 0.15) is 15.9 Å². The number of thiazole rings is 1. The van der Waals surface area contributed by atoms with Gasteiger partial charge < -0.3 is 9.47 Å². The fourth-order valence-electron chi connectivity index (χ4n) is 2.50. The Balaban J connectivity index is 1.87. The van der Waals surface area contributed by atoms with Crippen molar-refractivity contribution in [3.05, 3.63) is 58.7 Å². The number of rotatable bonds is 5. The molecule has 26 heavy (non-hydrogen) atoms. The van der Waals surface area contributed by atoms with Crippen LogP contribution in [0.4, 0.5) is 9.52 Å². The molecule has 0 spiro atoms. The van der Waals surface area contributed by atoms with Gasteiger partial charge in [0.2, 0.25) is 0 Å². The molecule has 0 unspecified atom stereocenters. The van der Waals surface area contributed by atoms with Gasteiger partial charge in [0.1, 0.15) is 17.3 Å². The summed E-state index contributed by atoms with van der Waals surface area (Å²) in [6, 6.07) is 9.57. The van der Waals surface area contributed by atoms with Crippen molar-refractivity contribution < 1.29 is 18.7 Å². The van der Waals surface area contributed by atoms with E-state index in [0.29, 0.717) is 22.3 Å². The highest BCUT2D eigenvalue weighted by molar-refractivity contribution is 7.14. The topological polar surface area (TPSA) is 60.5 Å². The number of amides is 1. The molecule has 3 aromatic rings. The molecular weight excluding hydrogens is 355 g/mol. The van der Waals surface area contributed by atoms with E-state index in [1.807, 2.05) is 30.5 Å². The number of anilines is 1. The van der Waals surface area contributed by atoms with Crippen molar-refractivity contribution in [2.24, 2.45) is 0 Å². The molecule has 0 aliphatic rings. The average Bonchev–Trinajstić information content (AvgIpc) is 3.10. The lowest BCUT2D eigenvalue weighted by Crippen LogP contribution is -2.13. The molecule has 134 valence electrons. The number of benzene rings is 2. The Bertz CT molecular complexity index is 956. The lowest BCUT2D eigenvalue weighted by atomic mass is 10.1. The van der Waals surface area contributed by atoms with E-state index in [2.05, 4.69) is 10.3 Å². The molecule has 0 aliphatic carbocycles. The maximum absolute atomic E-state index is 13.5. The number of hydrogen-bond acceptors (Lipinski definition) is 5. The molecule has 0 fully saturated rings. The molecule has 0 radical (unpaired) electrons. The van der Waals surface area contributed by atoms with Crippen LogP contribution in [0.15, 0.2) is 41.8 Å². The van der Waals surface area contributed by atoms with Gasteiger partial charge in [-0.2, -0.15) is 0 Å². The standard InChI is InChI=1S/C19H17FN2O3S/c1-11-4-6-16(24-2)13(8-11)15-10-26-19(21-15)22-18(23)14-9-12(20)5-7-17(14)25-3/h4-10H,1-3H3,(H,21,22,23). The Labute approximate surface area is 154 Å². The molecule has 0 saturated heterocycles. The van der Waals surface area contributed by atoms with E-state index >= 15 is 0 Å². The molecule has 1 amide bonds. The predicted molar refractivity (Wildman–Crippen MR) is 99.7 cm³/mol. The summed E-state index contributed by atoms with van der Waals surface area (Å²) in [5, 5.41) is 4.92. The van der Waals surface area contributed by atoms with E-state index in [1.54, 1.807) is 7.11 Å². The molecule has 0 aliphatic heterocycles. The second-order valence-corrected chi connectivity index (χ2v) is 6.40. The highest BCUT2D eigenvalue weighted by Gasteiger charge is 2.16. The summed E-state index contributed by atoms with van der Waals surface area (Å²) < 4.78 is 24.0. The zero-order valence-electron chi connectivity index (χ0n) is 14.5. The molecule has 1 heterocycles. The van der Waals surface area contributed by atoms with Gasteiger partial charge in [-0.05, 0) is 37.3 Å². The van der Waals surface area contributed by atoms with Crippen LogP contribution in [0, 0.1) is 12.7 Å². The molecule has 7 heteroatoms. The van der Waals surface area contributed by atoms with Gasteiger partial charge in [-0.1, -0.05) is 11.6 Å². The molecule has 1 aromatic heterocycles. The Kier molecular flexibility index (Phi) is 5.18. The number of halogens is 1. The normalized spacial score (nSPS) is 10.5. The lowest BCUT2D eigenvalue weighted by molar-refractivity contribution is 0.102. The number of hydrogen-bond donors (Lipinski definition) is 1. The molecule has 0 saturated carbocycles. The predicted octanol–water partition coefficient (Wildman–Crippen LogP) is 4.53. The van der Waals surface area contributed by atoms with Crippen LogP contribution in [0.25, 0.3) is 11.3 Å². The van der Waals surface area contributed by atoms with Crippen molar-refractivity contribution in [1.82, 2.24) is 4.98 Å². The fourth-order valence-corrected chi connectivity index (χ4v) is 3.20. The van der Waals surface area contributed by atoms with Gasteiger partial charge in [-0.3, -0.25) is 10.1 Å². The zero-order valence-corrected chi connectivity index (χ0v) is 15.3. The van der Waals surface area contributed by atoms with E-state index in [9.17, 15) is 9.18 Å². The number of carbonyl (C=O) groups is 1. The van der Waals surface area contributed by atoms with Crippen molar-refractivity contribution in [2.75, 3.05) is 19.5 Å². The van der Waals surface area contributed by atoms with Crippen molar-refractivity contribution in [3.8, 4) is 22.8 Å². The summed E-state index contributed by atoms with van der Waals surface area (Å²) in [4.78, 5) is 16.9. The molecule has 5 nitrogen and oxygen atoms in total. The van der Waals surface area contributed by atoms with Crippen molar-refractivity contribution >= 4 is 22.4 Å². The second kappa shape index (κ2) is 7.53. The van der Waals surface area contributed by atoms with Crippen LogP contribution in [-0.2, 0) is 0 Å². The summed E-state index contributed by atoms with van der Waals surface area (Å²) in [6.45, 7) is 1.98. The smallest absolute Gasteiger partial charge is 0.261 e. The number of nitrogens with zero attached hydrogens (tertiary/aromatic N) is 1. The van der Waals surface area contributed by atoms with Gasteiger partial charge >= 0.3 is 0 Å². The highest BCUT2D eigenvalue weighted by Crippen LogP contribution is 2.33. The van der Waals surface area contributed by atoms with E-state index in [1.165, 1.54) is 30.6 Å². The largest absolute Gasteiger partial charge is 0.496 e. The Morgan fingerprint density at radius 3 is 2.58 bits per heavy atom. The molecule has 1 N–H and O–H groups in total. The van der Waals surface area contributed by atoms with Crippen molar-refractivity contribution in [2.45, 2.75) is 6.92 Å². The van der Waals surface area contributed by atoms with Gasteiger partial charge in [0.15, 0.2) is 5.13 Å². The van der Waals surface area contributed by atoms with Crippen LogP contribution in [0.5, 0.6) is 11.5 Å². The van der Waals surface area contributed by atoms with E-state index in [4.69, 9.17) is 9.47 Å². The number of aryl methyl sites for hydroxylation is 1. The number of carbonyl (C=O) groups excluding carboxylic acids is 1. The van der Waals surface area contributed by atoms with Crippen LogP contribution in [-0.4, -0.2) is 25.1 Å². The number of nitrogens with one attached hydrogen (secondary N) is 1. The third-order valence-corrected chi connectivity index (χ3v) is 4.52. The van der Waals surface area contributed by atoms with Crippen LogP contribution >= 0.6 is 11.3 Å². The summed E-state index contributed by atoms with van der Waals surface area (Å²) in [5.74, 6) is -0.00894. The minimum atomic E-state index is -0.514. The molecule has 0 atom stereocenters. The SMILES string of the molecule is COc1ccc(F)cc1C(=O)Nc1nc(-c2cc(C)ccc2OC)cs1. The van der Waals surface area contributed by atoms with Gasteiger partial charge in [0.25, 0.3) is 5.91 Å². The molecular formula is C19H17FN2O3S. The van der Waals surface area contributed by atoms with Gasteiger partial charge in [-0.25, -0.2) is 9.37 Å². The zero-order chi connectivity index (χ0) is 18.7. The lowest BCUT2D eigenvalue weighted by Gasteiger charge is -2.08. The Morgan fingerprint density at radius 2 is 1.85 bits per heavy atom. The minimum Gasteiger partial charge on any atom is -0.496 e. The first-order valence-electron chi connectivity index (χ1n) is 7.77. The number of ether oxygens (including phenoxy) is 2.